The molecule has 1 aromatic carbocycles. The summed E-state index contributed by atoms with van der Waals surface area (Å²) in [5, 5.41) is 3.34. The molecule has 0 bridgehead atoms. The SMILES string of the molecule is NC(=O)COC(=O)NCCC1CCN(c2ncc(-c3ccc(Cl)cc3)cn2)CC1. The standard InChI is InChI=1S/C20H24ClN5O3/c21-17-3-1-15(2-4-17)16-11-24-19(25-12-16)26-9-6-14(7-10-26)5-8-23-20(28)29-13-18(22)27/h1-4,11-12,14H,5-10,13H2,(H2,22,27)(H,23,28). The van der Waals surface area contributed by atoms with E-state index in [4.69, 9.17) is 17.3 Å². The third kappa shape index (κ3) is 6.32. The summed E-state index contributed by atoms with van der Waals surface area (Å²) in [6.07, 6.45) is 5.91. The highest BCUT2D eigenvalue weighted by Crippen LogP contribution is 2.25. The van der Waals surface area contributed by atoms with Crippen molar-refractivity contribution in [2.24, 2.45) is 11.7 Å². The Hall–Kier alpha value is -2.87. The van der Waals surface area contributed by atoms with Crippen LogP contribution in [0.5, 0.6) is 0 Å². The van der Waals surface area contributed by atoms with E-state index in [1.807, 2.05) is 36.7 Å². The molecule has 154 valence electrons. The molecule has 3 N–H and O–H groups in total. The number of nitrogens with one attached hydrogen (secondary N) is 1. The van der Waals surface area contributed by atoms with Gasteiger partial charge in [0.15, 0.2) is 6.61 Å². The van der Waals surface area contributed by atoms with Gasteiger partial charge in [-0.2, -0.15) is 0 Å². The molecule has 2 heterocycles. The van der Waals surface area contributed by atoms with Crippen LogP contribution >= 0.6 is 11.6 Å². The smallest absolute Gasteiger partial charge is 0.407 e. The molecule has 1 aliphatic heterocycles. The Balaban J connectivity index is 1.41. The second-order valence-corrected chi connectivity index (χ2v) is 7.40. The summed E-state index contributed by atoms with van der Waals surface area (Å²) in [6, 6.07) is 7.59. The number of halogens is 1. The minimum absolute atomic E-state index is 0.402. The van der Waals surface area contributed by atoms with Crippen LogP contribution in [0.25, 0.3) is 11.1 Å². The zero-order valence-electron chi connectivity index (χ0n) is 16.0. The molecule has 1 saturated heterocycles. The van der Waals surface area contributed by atoms with E-state index >= 15 is 0 Å². The van der Waals surface area contributed by atoms with Crippen LogP contribution in [-0.4, -0.2) is 48.2 Å². The number of ether oxygens (including phenoxy) is 1. The fourth-order valence-electron chi connectivity index (χ4n) is 3.26. The highest BCUT2D eigenvalue weighted by molar-refractivity contribution is 6.30. The largest absolute Gasteiger partial charge is 0.439 e. The molecule has 8 nitrogen and oxygen atoms in total. The van der Waals surface area contributed by atoms with E-state index in [-0.39, 0.29) is 0 Å². The first-order chi connectivity index (χ1) is 14.0. The van der Waals surface area contributed by atoms with Gasteiger partial charge in [-0.05, 0) is 42.9 Å². The summed E-state index contributed by atoms with van der Waals surface area (Å²) in [4.78, 5) is 33.2. The van der Waals surface area contributed by atoms with E-state index in [0.29, 0.717) is 17.5 Å². The number of benzene rings is 1. The molecular weight excluding hydrogens is 394 g/mol. The predicted octanol–water partition coefficient (Wildman–Crippen LogP) is 2.62. The van der Waals surface area contributed by atoms with Gasteiger partial charge in [0.2, 0.25) is 5.95 Å². The molecular formula is C20H24ClN5O3. The van der Waals surface area contributed by atoms with Crippen LogP contribution in [0.3, 0.4) is 0 Å². The first-order valence-electron chi connectivity index (χ1n) is 9.53. The van der Waals surface area contributed by atoms with E-state index in [2.05, 4.69) is 24.9 Å². The van der Waals surface area contributed by atoms with Crippen molar-refractivity contribution in [1.82, 2.24) is 15.3 Å². The first-order valence-corrected chi connectivity index (χ1v) is 9.91. The molecule has 0 atom stereocenters. The van der Waals surface area contributed by atoms with E-state index in [1.54, 1.807) is 0 Å². The van der Waals surface area contributed by atoms with Crippen LogP contribution in [0.1, 0.15) is 19.3 Å². The normalized spacial score (nSPS) is 14.4. The van der Waals surface area contributed by atoms with Crippen molar-refractivity contribution in [3.63, 3.8) is 0 Å². The minimum atomic E-state index is -0.670. The van der Waals surface area contributed by atoms with Crippen LogP contribution in [0.15, 0.2) is 36.7 Å². The lowest BCUT2D eigenvalue weighted by atomic mass is 9.94. The number of hydrogen-bond donors (Lipinski definition) is 2. The Morgan fingerprint density at radius 2 is 1.79 bits per heavy atom. The monoisotopic (exact) mass is 417 g/mol. The van der Waals surface area contributed by atoms with Gasteiger partial charge in [0.25, 0.3) is 5.91 Å². The van der Waals surface area contributed by atoms with Gasteiger partial charge in [-0.25, -0.2) is 14.8 Å². The Morgan fingerprint density at radius 1 is 1.14 bits per heavy atom. The average molecular weight is 418 g/mol. The molecule has 1 aliphatic rings. The second-order valence-electron chi connectivity index (χ2n) is 6.97. The van der Waals surface area contributed by atoms with Crippen molar-refractivity contribution in [3.05, 3.63) is 41.7 Å². The number of nitrogens with zero attached hydrogens (tertiary/aromatic N) is 3. The number of primary amides is 1. The summed E-state index contributed by atoms with van der Waals surface area (Å²) < 4.78 is 4.66. The van der Waals surface area contributed by atoms with Crippen LogP contribution in [-0.2, 0) is 9.53 Å². The summed E-state index contributed by atoms with van der Waals surface area (Å²) in [5.41, 5.74) is 6.91. The quantitative estimate of drug-likeness (QED) is 0.716. The number of nitrogens with two attached hydrogens (primary N) is 1. The highest BCUT2D eigenvalue weighted by Gasteiger charge is 2.21. The molecule has 1 aromatic heterocycles. The third-order valence-corrected chi connectivity index (χ3v) is 5.13. The zero-order valence-corrected chi connectivity index (χ0v) is 16.8. The molecule has 9 heteroatoms. The lowest BCUT2D eigenvalue weighted by Gasteiger charge is -2.32. The maximum atomic E-state index is 11.4. The number of piperidine rings is 1. The van der Waals surface area contributed by atoms with E-state index < -0.39 is 18.6 Å². The van der Waals surface area contributed by atoms with Gasteiger partial charge in [-0.1, -0.05) is 23.7 Å². The third-order valence-electron chi connectivity index (χ3n) is 4.88. The summed E-state index contributed by atoms with van der Waals surface area (Å²) in [7, 11) is 0. The maximum Gasteiger partial charge on any atom is 0.407 e. The van der Waals surface area contributed by atoms with Gasteiger partial charge in [0, 0.05) is 42.6 Å². The number of carbonyl (C=O) groups is 2. The molecule has 2 amide bonds. The molecule has 2 aromatic rings. The molecule has 0 spiro atoms. The van der Waals surface area contributed by atoms with Crippen molar-refractivity contribution < 1.29 is 14.3 Å². The summed E-state index contributed by atoms with van der Waals surface area (Å²) in [5.74, 6) is 0.571. The number of rotatable bonds is 7. The Bertz CT molecular complexity index is 821. The van der Waals surface area contributed by atoms with Crippen LogP contribution < -0.4 is 16.0 Å². The fourth-order valence-corrected chi connectivity index (χ4v) is 3.39. The lowest BCUT2D eigenvalue weighted by Crippen LogP contribution is -2.36. The Kier molecular flexibility index (Phi) is 7.24. The Morgan fingerprint density at radius 3 is 2.41 bits per heavy atom. The molecule has 0 radical (unpaired) electrons. The summed E-state index contributed by atoms with van der Waals surface area (Å²) in [6.45, 7) is 1.85. The average Bonchev–Trinajstić information content (AvgIpc) is 2.73. The van der Waals surface area contributed by atoms with Gasteiger partial charge in [-0.3, -0.25) is 4.79 Å². The van der Waals surface area contributed by atoms with Gasteiger partial charge in [-0.15, -0.1) is 0 Å². The van der Waals surface area contributed by atoms with E-state index in [0.717, 1.165) is 49.4 Å². The number of alkyl carbamates (subject to hydrolysis) is 1. The topological polar surface area (TPSA) is 110 Å². The minimum Gasteiger partial charge on any atom is -0.439 e. The number of aromatic nitrogens is 2. The van der Waals surface area contributed by atoms with Crippen LogP contribution in [0.4, 0.5) is 10.7 Å². The first kappa shape index (κ1) is 20.9. The van der Waals surface area contributed by atoms with Crippen molar-refractivity contribution >= 4 is 29.5 Å². The van der Waals surface area contributed by atoms with Crippen molar-refractivity contribution in [1.29, 1.82) is 0 Å². The van der Waals surface area contributed by atoms with Crippen molar-refractivity contribution in [3.8, 4) is 11.1 Å². The van der Waals surface area contributed by atoms with Gasteiger partial charge >= 0.3 is 6.09 Å². The number of carbonyl (C=O) groups excluding carboxylic acids is 2. The molecule has 0 saturated carbocycles. The van der Waals surface area contributed by atoms with Crippen LogP contribution in [0.2, 0.25) is 5.02 Å². The van der Waals surface area contributed by atoms with Gasteiger partial charge in [0.1, 0.15) is 0 Å². The lowest BCUT2D eigenvalue weighted by molar-refractivity contribution is -0.120. The number of amides is 2. The zero-order chi connectivity index (χ0) is 20.6. The number of hydrogen-bond acceptors (Lipinski definition) is 6. The van der Waals surface area contributed by atoms with Crippen molar-refractivity contribution in [2.45, 2.75) is 19.3 Å². The summed E-state index contributed by atoms with van der Waals surface area (Å²) >= 11 is 5.93. The highest BCUT2D eigenvalue weighted by atomic mass is 35.5. The second kappa shape index (κ2) is 10.1. The predicted molar refractivity (Wildman–Crippen MR) is 111 cm³/mol. The van der Waals surface area contributed by atoms with E-state index in [9.17, 15) is 9.59 Å². The molecule has 29 heavy (non-hydrogen) atoms. The molecule has 3 rings (SSSR count). The van der Waals surface area contributed by atoms with Gasteiger partial charge in [0.05, 0.1) is 0 Å². The maximum absolute atomic E-state index is 11.4. The van der Waals surface area contributed by atoms with E-state index in [1.165, 1.54) is 0 Å². The fraction of sp³-hybridized carbons (Fsp3) is 0.400. The van der Waals surface area contributed by atoms with Gasteiger partial charge < -0.3 is 20.7 Å². The molecule has 0 unspecified atom stereocenters. The Labute approximate surface area is 174 Å². The van der Waals surface area contributed by atoms with Crippen LogP contribution in [0, 0.1) is 5.92 Å². The number of anilines is 1. The molecule has 1 fully saturated rings. The van der Waals surface area contributed by atoms with Crippen molar-refractivity contribution in [2.75, 3.05) is 31.1 Å². The molecule has 0 aliphatic carbocycles.